The number of aliphatic hydroxyl groups excluding tert-OH is 1. The quantitative estimate of drug-likeness (QED) is 0.801. The van der Waals surface area contributed by atoms with Gasteiger partial charge in [0, 0.05) is 30.9 Å². The number of alkyl halides is 2. The topological polar surface area (TPSA) is 49.3 Å². The highest BCUT2D eigenvalue weighted by Gasteiger charge is 2.39. The Labute approximate surface area is 101 Å². The molecule has 1 unspecified atom stereocenters. The molecule has 0 aliphatic heterocycles. The number of aliphatic hydroxyl groups is 1. The van der Waals surface area contributed by atoms with E-state index in [2.05, 4.69) is 5.32 Å². The molecule has 1 rings (SSSR count). The van der Waals surface area contributed by atoms with E-state index in [1.54, 1.807) is 13.8 Å². The van der Waals surface area contributed by atoms with Gasteiger partial charge in [0.25, 0.3) is 0 Å². The van der Waals surface area contributed by atoms with E-state index in [4.69, 9.17) is 5.11 Å². The van der Waals surface area contributed by atoms with E-state index in [0.717, 1.165) is 0 Å². The molecular weight excluding hydrogens is 228 g/mol. The van der Waals surface area contributed by atoms with Crippen molar-refractivity contribution in [2.75, 3.05) is 6.61 Å². The van der Waals surface area contributed by atoms with Gasteiger partial charge in [-0.2, -0.15) is 0 Å². The van der Waals surface area contributed by atoms with Crippen molar-refractivity contribution in [2.45, 2.75) is 57.4 Å². The number of rotatable bonds is 4. The second-order valence-electron chi connectivity index (χ2n) is 5.50. The van der Waals surface area contributed by atoms with Crippen LogP contribution >= 0.6 is 0 Å². The minimum atomic E-state index is -2.71. The highest BCUT2D eigenvalue weighted by molar-refractivity contribution is 5.79. The lowest BCUT2D eigenvalue weighted by Gasteiger charge is -2.32. The molecule has 0 aromatic carbocycles. The fourth-order valence-electron chi connectivity index (χ4n) is 2.17. The minimum absolute atomic E-state index is 0.0336. The Bertz CT molecular complexity index is 280. The first-order valence-electron chi connectivity index (χ1n) is 6.06. The van der Waals surface area contributed by atoms with Gasteiger partial charge >= 0.3 is 0 Å². The lowest BCUT2D eigenvalue weighted by molar-refractivity contribution is -0.134. The summed E-state index contributed by atoms with van der Waals surface area (Å²) in [4.78, 5) is 11.9. The minimum Gasteiger partial charge on any atom is -0.396 e. The van der Waals surface area contributed by atoms with E-state index >= 15 is 0 Å². The Morgan fingerprint density at radius 2 is 2.18 bits per heavy atom. The summed E-state index contributed by atoms with van der Waals surface area (Å²) in [5.41, 5.74) is -0.543. The molecule has 0 spiro atoms. The molecule has 0 aromatic rings. The summed E-state index contributed by atoms with van der Waals surface area (Å²) in [6, 6.07) is 0. The predicted octanol–water partition coefficient (Wildman–Crippen LogP) is 2.09. The van der Waals surface area contributed by atoms with Crippen molar-refractivity contribution in [1.82, 2.24) is 5.32 Å². The van der Waals surface area contributed by atoms with Gasteiger partial charge in [-0.15, -0.1) is 0 Å². The molecule has 0 heterocycles. The van der Waals surface area contributed by atoms with Gasteiger partial charge in [-0.05, 0) is 33.1 Å². The molecule has 1 aliphatic rings. The second kappa shape index (κ2) is 5.29. The maximum atomic E-state index is 13.2. The van der Waals surface area contributed by atoms with E-state index in [9.17, 15) is 13.6 Å². The van der Waals surface area contributed by atoms with Gasteiger partial charge in [-0.1, -0.05) is 0 Å². The van der Waals surface area contributed by atoms with Gasteiger partial charge in [0.15, 0.2) is 0 Å². The van der Waals surface area contributed by atoms with Crippen molar-refractivity contribution in [3.63, 3.8) is 0 Å². The summed E-state index contributed by atoms with van der Waals surface area (Å²) in [6.07, 6.45) is 0.870. The van der Waals surface area contributed by atoms with E-state index in [1.165, 1.54) is 0 Å². The van der Waals surface area contributed by atoms with E-state index in [1.807, 2.05) is 0 Å². The second-order valence-corrected chi connectivity index (χ2v) is 5.50. The average molecular weight is 249 g/mol. The molecule has 1 amide bonds. The summed E-state index contributed by atoms with van der Waals surface area (Å²) < 4.78 is 26.4. The van der Waals surface area contributed by atoms with Crippen molar-refractivity contribution in [1.29, 1.82) is 0 Å². The van der Waals surface area contributed by atoms with Crippen molar-refractivity contribution in [3.8, 4) is 0 Å². The smallest absolute Gasteiger partial charge is 0.248 e. The van der Waals surface area contributed by atoms with E-state index in [-0.39, 0.29) is 25.4 Å². The summed E-state index contributed by atoms with van der Waals surface area (Å²) in [6.45, 7) is 3.53. The van der Waals surface area contributed by atoms with Crippen LogP contribution in [0.1, 0.15) is 46.0 Å². The van der Waals surface area contributed by atoms with Gasteiger partial charge in [0.05, 0.1) is 0 Å². The zero-order chi connectivity index (χ0) is 13.1. The van der Waals surface area contributed by atoms with Crippen molar-refractivity contribution in [2.24, 2.45) is 5.92 Å². The molecule has 17 heavy (non-hydrogen) atoms. The highest BCUT2D eigenvalue weighted by atomic mass is 19.3. The lowest BCUT2D eigenvalue weighted by Crippen LogP contribution is -2.48. The Hall–Kier alpha value is -0.710. The van der Waals surface area contributed by atoms with Gasteiger partial charge in [-0.25, -0.2) is 8.78 Å². The summed E-state index contributed by atoms with van der Waals surface area (Å²) >= 11 is 0. The van der Waals surface area contributed by atoms with Crippen LogP contribution in [-0.2, 0) is 4.79 Å². The van der Waals surface area contributed by atoms with Crippen molar-refractivity contribution < 1.29 is 18.7 Å². The van der Waals surface area contributed by atoms with E-state index in [0.29, 0.717) is 19.3 Å². The highest BCUT2D eigenvalue weighted by Crippen LogP contribution is 2.36. The maximum absolute atomic E-state index is 13.2. The third-order valence-corrected chi connectivity index (χ3v) is 3.21. The third kappa shape index (κ3) is 4.58. The molecule has 0 aromatic heterocycles. The standard InChI is InChI=1S/C12H21F2NO2/c1-11(2,6-7-16)15-10(17)9-4-3-5-12(13,14)8-9/h9,16H,3-8H2,1-2H3,(H,15,17). The van der Waals surface area contributed by atoms with Crippen LogP contribution in [0.15, 0.2) is 0 Å². The first-order valence-corrected chi connectivity index (χ1v) is 6.06. The van der Waals surface area contributed by atoms with Gasteiger partial charge < -0.3 is 10.4 Å². The van der Waals surface area contributed by atoms with Crippen LogP contribution in [0.2, 0.25) is 0 Å². The molecule has 1 aliphatic carbocycles. The Morgan fingerprint density at radius 1 is 1.53 bits per heavy atom. The lowest BCUT2D eigenvalue weighted by atomic mass is 9.85. The van der Waals surface area contributed by atoms with Gasteiger partial charge in [0.1, 0.15) is 0 Å². The Morgan fingerprint density at radius 3 is 2.71 bits per heavy atom. The van der Waals surface area contributed by atoms with E-state index < -0.39 is 17.4 Å². The number of hydrogen-bond acceptors (Lipinski definition) is 2. The first-order chi connectivity index (χ1) is 7.76. The first kappa shape index (κ1) is 14.4. The number of halogens is 2. The SMILES string of the molecule is CC(C)(CCO)NC(=O)C1CCCC(F)(F)C1. The number of carbonyl (C=O) groups excluding carboxylic acids is 1. The molecule has 5 heteroatoms. The zero-order valence-corrected chi connectivity index (χ0v) is 10.4. The van der Waals surface area contributed by atoms with Crippen LogP contribution < -0.4 is 5.32 Å². The van der Waals surface area contributed by atoms with Crippen LogP contribution in [0, 0.1) is 5.92 Å². The predicted molar refractivity (Wildman–Crippen MR) is 60.8 cm³/mol. The summed E-state index contributed by atoms with van der Waals surface area (Å²) in [7, 11) is 0. The molecule has 0 saturated heterocycles. The van der Waals surface area contributed by atoms with Crippen LogP contribution in [0.3, 0.4) is 0 Å². The Kier molecular flexibility index (Phi) is 4.47. The molecule has 0 bridgehead atoms. The molecule has 0 radical (unpaired) electrons. The van der Waals surface area contributed by atoms with Crippen LogP contribution in [0.4, 0.5) is 8.78 Å². The number of hydrogen-bond donors (Lipinski definition) is 2. The summed E-state index contributed by atoms with van der Waals surface area (Å²) in [5.74, 6) is -3.62. The fourth-order valence-corrected chi connectivity index (χ4v) is 2.17. The molecular formula is C12H21F2NO2. The zero-order valence-electron chi connectivity index (χ0n) is 10.4. The molecule has 1 fully saturated rings. The number of carbonyl (C=O) groups is 1. The van der Waals surface area contributed by atoms with Crippen LogP contribution in [0.5, 0.6) is 0 Å². The molecule has 1 saturated carbocycles. The van der Waals surface area contributed by atoms with Gasteiger partial charge in [0.2, 0.25) is 11.8 Å². The fraction of sp³-hybridized carbons (Fsp3) is 0.917. The largest absolute Gasteiger partial charge is 0.396 e. The van der Waals surface area contributed by atoms with Crippen LogP contribution in [0.25, 0.3) is 0 Å². The molecule has 1 atom stereocenters. The molecule has 3 nitrogen and oxygen atoms in total. The van der Waals surface area contributed by atoms with Gasteiger partial charge in [-0.3, -0.25) is 4.79 Å². The number of nitrogens with one attached hydrogen (secondary N) is 1. The van der Waals surface area contributed by atoms with Crippen LogP contribution in [-0.4, -0.2) is 29.1 Å². The third-order valence-electron chi connectivity index (χ3n) is 3.21. The average Bonchev–Trinajstić information content (AvgIpc) is 2.14. The maximum Gasteiger partial charge on any atom is 0.248 e. The monoisotopic (exact) mass is 249 g/mol. The summed E-state index contributed by atoms with van der Waals surface area (Å²) in [5, 5.41) is 11.6. The molecule has 2 N–H and O–H groups in total. The van der Waals surface area contributed by atoms with Crippen molar-refractivity contribution >= 4 is 5.91 Å². The normalized spacial score (nSPS) is 24.4. The number of amides is 1. The molecule has 100 valence electrons. The Balaban J connectivity index is 2.53. The van der Waals surface area contributed by atoms with Crippen molar-refractivity contribution in [3.05, 3.63) is 0 Å².